The fourth-order valence-electron chi connectivity index (χ4n) is 3.31. The van der Waals surface area contributed by atoms with Crippen molar-refractivity contribution >= 4 is 28.5 Å². The molecule has 0 fully saturated rings. The third-order valence-electron chi connectivity index (χ3n) is 4.67. The SMILES string of the molecule is CCc1nn2ccccc2c1NC(=O)OC(C)(C)C.CCc1nn2ccccc2c1[N+](=O)[O-]. The number of fused-ring (bicyclic) bond motifs is 2. The summed E-state index contributed by atoms with van der Waals surface area (Å²) in [6.45, 7) is 9.37. The highest BCUT2D eigenvalue weighted by Gasteiger charge is 2.21. The van der Waals surface area contributed by atoms with Crippen molar-refractivity contribution in [2.24, 2.45) is 0 Å². The predicted octanol–water partition coefficient (Wildman–Crippen LogP) is 5.05. The van der Waals surface area contributed by atoms with Gasteiger partial charge >= 0.3 is 11.8 Å². The molecule has 10 heteroatoms. The summed E-state index contributed by atoms with van der Waals surface area (Å²) in [5.74, 6) is 0. The number of pyridine rings is 2. The molecule has 4 aromatic heterocycles. The molecular weight excluding hydrogens is 424 g/mol. The van der Waals surface area contributed by atoms with Crippen molar-refractivity contribution in [1.82, 2.24) is 19.2 Å². The molecule has 0 spiro atoms. The lowest BCUT2D eigenvalue weighted by Crippen LogP contribution is -2.27. The third-order valence-corrected chi connectivity index (χ3v) is 4.67. The van der Waals surface area contributed by atoms with Gasteiger partial charge in [-0.05, 0) is 57.9 Å². The maximum absolute atomic E-state index is 11.9. The van der Waals surface area contributed by atoms with Gasteiger partial charge in [-0.2, -0.15) is 10.2 Å². The molecule has 0 aromatic carbocycles. The minimum absolute atomic E-state index is 0.119. The number of anilines is 1. The number of carbonyl (C=O) groups is 1. The monoisotopic (exact) mass is 452 g/mol. The first-order valence-electron chi connectivity index (χ1n) is 10.7. The van der Waals surface area contributed by atoms with Crippen LogP contribution in [0.3, 0.4) is 0 Å². The molecule has 1 N–H and O–H groups in total. The standard InChI is InChI=1S/C14H19N3O2.C9H9N3O2/c1-5-10-12(15-13(18)19-14(2,3)4)11-8-6-7-9-17(11)16-10;1-2-7-9(12(13)14)8-5-3-4-6-11(8)10-7/h6-9H,5H2,1-4H3,(H,15,18);3-6H,2H2,1H3. The average Bonchev–Trinajstić information content (AvgIpc) is 3.31. The second-order valence-electron chi connectivity index (χ2n) is 8.27. The summed E-state index contributed by atoms with van der Waals surface area (Å²) in [5.41, 5.74) is 3.11. The Labute approximate surface area is 191 Å². The van der Waals surface area contributed by atoms with Crippen molar-refractivity contribution in [3.05, 3.63) is 70.3 Å². The summed E-state index contributed by atoms with van der Waals surface area (Å²) in [6, 6.07) is 11.0. The number of aryl methyl sites for hydroxylation is 2. The molecule has 174 valence electrons. The Morgan fingerprint density at radius 2 is 1.55 bits per heavy atom. The van der Waals surface area contributed by atoms with Crippen molar-refractivity contribution in [3.63, 3.8) is 0 Å². The van der Waals surface area contributed by atoms with E-state index in [1.54, 1.807) is 28.9 Å². The molecule has 0 atom stereocenters. The van der Waals surface area contributed by atoms with E-state index in [1.807, 2.05) is 59.0 Å². The zero-order chi connectivity index (χ0) is 24.2. The highest BCUT2D eigenvalue weighted by molar-refractivity contribution is 5.92. The van der Waals surface area contributed by atoms with Crippen LogP contribution in [-0.2, 0) is 17.6 Å². The number of aromatic nitrogens is 4. The van der Waals surface area contributed by atoms with Crippen LogP contribution in [0.2, 0.25) is 0 Å². The molecule has 4 heterocycles. The summed E-state index contributed by atoms with van der Waals surface area (Å²) >= 11 is 0. The topological polar surface area (TPSA) is 116 Å². The predicted molar refractivity (Wildman–Crippen MR) is 126 cm³/mol. The molecular formula is C23H28N6O4. The highest BCUT2D eigenvalue weighted by Crippen LogP contribution is 2.24. The summed E-state index contributed by atoms with van der Waals surface area (Å²) in [4.78, 5) is 22.3. The molecule has 0 bridgehead atoms. The Bertz CT molecular complexity index is 1290. The van der Waals surface area contributed by atoms with Crippen molar-refractivity contribution < 1.29 is 14.5 Å². The van der Waals surface area contributed by atoms with Crippen LogP contribution in [0.15, 0.2) is 48.8 Å². The Kier molecular flexibility index (Phi) is 6.95. The van der Waals surface area contributed by atoms with E-state index < -0.39 is 11.7 Å². The number of hydrogen-bond donors (Lipinski definition) is 1. The normalized spacial score (nSPS) is 11.2. The van der Waals surface area contributed by atoms with E-state index in [2.05, 4.69) is 15.5 Å². The molecule has 0 aliphatic heterocycles. The first-order valence-corrected chi connectivity index (χ1v) is 10.7. The summed E-state index contributed by atoms with van der Waals surface area (Å²) in [5, 5.41) is 22.2. The minimum Gasteiger partial charge on any atom is -0.444 e. The number of rotatable bonds is 4. The summed E-state index contributed by atoms with van der Waals surface area (Å²) < 4.78 is 8.57. The fourth-order valence-corrected chi connectivity index (χ4v) is 3.31. The van der Waals surface area contributed by atoms with E-state index in [-0.39, 0.29) is 10.6 Å². The van der Waals surface area contributed by atoms with Crippen molar-refractivity contribution in [3.8, 4) is 0 Å². The lowest BCUT2D eigenvalue weighted by molar-refractivity contribution is -0.383. The molecule has 1 amide bonds. The van der Waals surface area contributed by atoms with Crippen molar-refractivity contribution in [2.45, 2.75) is 53.1 Å². The number of nitro groups is 1. The smallest absolute Gasteiger partial charge is 0.412 e. The van der Waals surface area contributed by atoms with E-state index in [0.717, 1.165) is 23.3 Å². The second kappa shape index (κ2) is 9.68. The quantitative estimate of drug-likeness (QED) is 0.342. The molecule has 0 aliphatic carbocycles. The van der Waals surface area contributed by atoms with Gasteiger partial charge in [-0.15, -0.1) is 0 Å². The van der Waals surface area contributed by atoms with Crippen LogP contribution < -0.4 is 5.32 Å². The van der Waals surface area contributed by atoms with E-state index in [4.69, 9.17) is 4.74 Å². The maximum Gasteiger partial charge on any atom is 0.412 e. The highest BCUT2D eigenvalue weighted by atomic mass is 16.6. The van der Waals surface area contributed by atoms with Gasteiger partial charge in [-0.1, -0.05) is 26.0 Å². The van der Waals surface area contributed by atoms with Gasteiger partial charge in [0.25, 0.3) is 0 Å². The van der Waals surface area contributed by atoms with E-state index in [1.165, 1.54) is 4.52 Å². The zero-order valence-electron chi connectivity index (χ0n) is 19.4. The van der Waals surface area contributed by atoms with Gasteiger partial charge < -0.3 is 4.74 Å². The van der Waals surface area contributed by atoms with Crippen LogP contribution in [0, 0.1) is 10.1 Å². The van der Waals surface area contributed by atoms with Crippen LogP contribution in [0.4, 0.5) is 16.2 Å². The Morgan fingerprint density at radius 1 is 1.00 bits per heavy atom. The number of carbonyl (C=O) groups excluding carboxylic acids is 1. The number of nitrogens with zero attached hydrogens (tertiary/aromatic N) is 5. The van der Waals surface area contributed by atoms with Gasteiger partial charge in [0.15, 0.2) is 0 Å². The summed E-state index contributed by atoms with van der Waals surface area (Å²) in [7, 11) is 0. The number of amides is 1. The lowest BCUT2D eigenvalue weighted by Gasteiger charge is -2.19. The molecule has 4 aromatic rings. The van der Waals surface area contributed by atoms with Gasteiger partial charge in [0.2, 0.25) is 0 Å². The lowest BCUT2D eigenvalue weighted by atomic mass is 10.2. The van der Waals surface area contributed by atoms with Gasteiger partial charge in [0, 0.05) is 12.4 Å². The van der Waals surface area contributed by atoms with Crippen molar-refractivity contribution in [1.29, 1.82) is 0 Å². The first kappa shape index (κ1) is 23.7. The molecule has 0 saturated heterocycles. The first-order chi connectivity index (χ1) is 15.6. The number of hydrogen-bond acceptors (Lipinski definition) is 6. The zero-order valence-corrected chi connectivity index (χ0v) is 19.4. The third kappa shape index (κ3) is 5.46. The largest absolute Gasteiger partial charge is 0.444 e. The van der Waals surface area contributed by atoms with E-state index in [9.17, 15) is 14.9 Å². The molecule has 0 unspecified atom stereocenters. The molecule has 0 radical (unpaired) electrons. The van der Waals surface area contributed by atoms with E-state index in [0.29, 0.717) is 17.6 Å². The Balaban J connectivity index is 0.000000194. The minimum atomic E-state index is -0.514. The van der Waals surface area contributed by atoms with E-state index >= 15 is 0 Å². The van der Waals surface area contributed by atoms with Gasteiger partial charge in [-0.25, -0.2) is 13.8 Å². The van der Waals surface area contributed by atoms with Crippen LogP contribution >= 0.6 is 0 Å². The number of ether oxygens (including phenoxy) is 1. The maximum atomic E-state index is 11.9. The molecule has 10 nitrogen and oxygen atoms in total. The molecule has 33 heavy (non-hydrogen) atoms. The van der Waals surface area contributed by atoms with Crippen molar-refractivity contribution in [2.75, 3.05) is 5.32 Å². The Hall–Kier alpha value is -3.95. The molecule has 0 saturated carbocycles. The van der Waals surface area contributed by atoms with Crippen LogP contribution in [-0.4, -0.2) is 35.8 Å². The van der Waals surface area contributed by atoms with Crippen LogP contribution in [0.25, 0.3) is 11.0 Å². The molecule has 0 aliphatic rings. The van der Waals surface area contributed by atoms with Gasteiger partial charge in [0.1, 0.15) is 16.8 Å². The van der Waals surface area contributed by atoms with Crippen LogP contribution in [0.5, 0.6) is 0 Å². The average molecular weight is 453 g/mol. The number of nitrogens with one attached hydrogen (secondary N) is 1. The van der Waals surface area contributed by atoms with Crippen LogP contribution in [0.1, 0.15) is 46.0 Å². The second-order valence-corrected chi connectivity index (χ2v) is 8.27. The summed E-state index contributed by atoms with van der Waals surface area (Å²) in [6.07, 6.45) is 4.42. The van der Waals surface area contributed by atoms with Gasteiger partial charge in [-0.3, -0.25) is 15.4 Å². The molecule has 4 rings (SSSR count). The van der Waals surface area contributed by atoms with Gasteiger partial charge in [0.05, 0.1) is 21.8 Å². The Morgan fingerprint density at radius 3 is 2.09 bits per heavy atom. The fraction of sp³-hybridized carbons (Fsp3) is 0.348.